The first kappa shape index (κ1) is 16.8. The second-order valence-electron chi connectivity index (χ2n) is 7.28. The van der Waals surface area contributed by atoms with Crippen molar-refractivity contribution in [3.63, 3.8) is 0 Å². The zero-order valence-electron chi connectivity index (χ0n) is 15.4. The highest BCUT2D eigenvalue weighted by Crippen LogP contribution is 2.41. The molecule has 0 spiro atoms. The van der Waals surface area contributed by atoms with Gasteiger partial charge in [0.1, 0.15) is 11.3 Å². The van der Waals surface area contributed by atoms with Crippen LogP contribution < -0.4 is 0 Å². The molecule has 2 aromatic heterocycles. The minimum absolute atomic E-state index is 0.0764. The van der Waals surface area contributed by atoms with E-state index in [0.29, 0.717) is 35.0 Å². The molecule has 0 amide bonds. The van der Waals surface area contributed by atoms with Crippen molar-refractivity contribution in [2.75, 3.05) is 0 Å². The van der Waals surface area contributed by atoms with Gasteiger partial charge < -0.3 is 10.2 Å². The Balaban J connectivity index is 1.73. The summed E-state index contributed by atoms with van der Waals surface area (Å²) in [6.45, 7) is 2.00. The Morgan fingerprint density at radius 3 is 2.25 bits per heavy atom. The molecule has 2 N–H and O–H groups in total. The molecule has 4 aromatic rings. The van der Waals surface area contributed by atoms with Gasteiger partial charge in [-0.1, -0.05) is 22.9 Å². The molecule has 7 heteroatoms. The highest BCUT2D eigenvalue weighted by atomic mass is 19.1. The van der Waals surface area contributed by atoms with Gasteiger partial charge in [-0.05, 0) is 50.8 Å². The smallest absolute Gasteiger partial charge is 0.202 e. The lowest BCUT2D eigenvalue weighted by Crippen LogP contribution is -2.00. The molecule has 0 radical (unpaired) electrons. The topological polar surface area (TPSA) is 76.1 Å². The third-order valence-electron chi connectivity index (χ3n) is 5.46. The lowest BCUT2D eigenvalue weighted by atomic mass is 9.95. The van der Waals surface area contributed by atoms with Crippen molar-refractivity contribution in [2.24, 2.45) is 0 Å². The summed E-state index contributed by atoms with van der Waals surface area (Å²) in [7, 11) is 0. The molecule has 2 aromatic carbocycles. The van der Waals surface area contributed by atoms with E-state index >= 15 is 0 Å². The average Bonchev–Trinajstić information content (AvgIpc) is 3.21. The van der Waals surface area contributed by atoms with E-state index in [-0.39, 0.29) is 17.4 Å². The predicted molar refractivity (Wildman–Crippen MR) is 103 cm³/mol. The van der Waals surface area contributed by atoms with Gasteiger partial charge in [-0.3, -0.25) is 0 Å². The molecular formula is C21H19FN4O2. The molecule has 142 valence electrons. The van der Waals surface area contributed by atoms with Gasteiger partial charge in [0.2, 0.25) is 11.8 Å². The Morgan fingerprint density at radius 1 is 0.964 bits per heavy atom. The number of fused-ring (bicyclic) bond motifs is 2. The van der Waals surface area contributed by atoms with Gasteiger partial charge in [0.25, 0.3) is 0 Å². The molecule has 6 nitrogen and oxygen atoms in total. The first-order valence-corrected chi connectivity index (χ1v) is 9.31. The third-order valence-corrected chi connectivity index (χ3v) is 5.46. The summed E-state index contributed by atoms with van der Waals surface area (Å²) >= 11 is 0. The van der Waals surface area contributed by atoms with E-state index in [0.717, 1.165) is 24.1 Å². The van der Waals surface area contributed by atoms with Gasteiger partial charge in [0.15, 0.2) is 0 Å². The normalized spacial score (nSPS) is 13.8. The molecule has 2 heterocycles. The largest absolute Gasteiger partial charge is 0.494 e. The molecule has 5 rings (SSSR count). The number of rotatable bonds is 2. The molecule has 0 unspecified atom stereocenters. The number of benzene rings is 2. The van der Waals surface area contributed by atoms with E-state index in [1.165, 1.54) is 10.6 Å². The van der Waals surface area contributed by atoms with Gasteiger partial charge in [-0.25, -0.2) is 13.6 Å². The van der Waals surface area contributed by atoms with Crippen molar-refractivity contribution in [2.45, 2.75) is 32.6 Å². The van der Waals surface area contributed by atoms with E-state index in [1.54, 1.807) is 10.7 Å². The van der Waals surface area contributed by atoms with Crippen LogP contribution in [0.5, 0.6) is 11.8 Å². The van der Waals surface area contributed by atoms with E-state index in [2.05, 4.69) is 10.3 Å². The highest BCUT2D eigenvalue weighted by molar-refractivity contribution is 5.79. The third kappa shape index (κ3) is 2.39. The zero-order chi connectivity index (χ0) is 19.4. The molecule has 0 bridgehead atoms. The number of halogens is 1. The second-order valence-corrected chi connectivity index (χ2v) is 7.28. The van der Waals surface area contributed by atoms with Crippen LogP contribution in [0.25, 0.3) is 22.4 Å². The predicted octanol–water partition coefficient (Wildman–Crippen LogP) is 3.95. The summed E-state index contributed by atoms with van der Waals surface area (Å²) in [5.74, 6) is -0.777. The van der Waals surface area contributed by atoms with Crippen LogP contribution in [0.4, 0.5) is 4.39 Å². The maximum Gasteiger partial charge on any atom is 0.202 e. The van der Waals surface area contributed by atoms with Gasteiger partial charge in [-0.2, -0.15) is 0 Å². The van der Waals surface area contributed by atoms with Crippen LogP contribution in [-0.2, 0) is 12.8 Å². The Bertz CT molecular complexity index is 1180. The fourth-order valence-corrected chi connectivity index (χ4v) is 3.98. The Kier molecular flexibility index (Phi) is 3.65. The van der Waals surface area contributed by atoms with E-state index < -0.39 is 5.82 Å². The number of aromatic hydroxyl groups is 2. The minimum atomic E-state index is -0.582. The zero-order valence-corrected chi connectivity index (χ0v) is 15.4. The summed E-state index contributed by atoms with van der Waals surface area (Å²) in [5, 5.41) is 29.6. The van der Waals surface area contributed by atoms with Crippen molar-refractivity contribution in [1.29, 1.82) is 0 Å². The molecule has 0 fully saturated rings. The molecule has 0 aliphatic heterocycles. The van der Waals surface area contributed by atoms with Gasteiger partial charge >= 0.3 is 0 Å². The maximum atomic E-state index is 14.9. The molecular weight excluding hydrogens is 359 g/mol. The van der Waals surface area contributed by atoms with Crippen LogP contribution in [0.3, 0.4) is 0 Å². The van der Waals surface area contributed by atoms with E-state index in [1.807, 2.05) is 31.2 Å². The SMILES string of the molecule is Cc1ccc(-n2nnc3cc(F)c(-n4c(O)c5c(c4O)CCCC5)cc32)cc1. The van der Waals surface area contributed by atoms with Crippen molar-refractivity contribution < 1.29 is 14.6 Å². The molecule has 0 saturated heterocycles. The van der Waals surface area contributed by atoms with Crippen LogP contribution in [0.15, 0.2) is 36.4 Å². The first-order chi connectivity index (χ1) is 13.5. The Labute approximate surface area is 160 Å². The van der Waals surface area contributed by atoms with Gasteiger partial charge in [0, 0.05) is 17.2 Å². The van der Waals surface area contributed by atoms with Gasteiger partial charge in [-0.15, -0.1) is 5.10 Å². The van der Waals surface area contributed by atoms with Crippen LogP contribution in [0, 0.1) is 12.7 Å². The lowest BCUT2D eigenvalue weighted by Gasteiger charge is -2.10. The average molecular weight is 378 g/mol. The minimum Gasteiger partial charge on any atom is -0.494 e. The summed E-state index contributed by atoms with van der Waals surface area (Å²) in [4.78, 5) is 0. The summed E-state index contributed by atoms with van der Waals surface area (Å²) in [5.41, 5.74) is 4.39. The van der Waals surface area contributed by atoms with Crippen molar-refractivity contribution in [3.05, 3.63) is 58.9 Å². The number of aryl methyl sites for hydroxylation is 1. The summed E-state index contributed by atoms with van der Waals surface area (Å²) in [6.07, 6.45) is 3.23. The highest BCUT2D eigenvalue weighted by Gasteiger charge is 2.27. The van der Waals surface area contributed by atoms with Crippen LogP contribution >= 0.6 is 0 Å². The molecule has 0 atom stereocenters. The number of hydrogen-bond donors (Lipinski definition) is 2. The number of aromatic nitrogens is 4. The Hall–Kier alpha value is -3.35. The van der Waals surface area contributed by atoms with E-state index in [4.69, 9.17) is 0 Å². The maximum absolute atomic E-state index is 14.9. The number of hydrogen-bond acceptors (Lipinski definition) is 4. The van der Waals surface area contributed by atoms with Crippen LogP contribution in [-0.4, -0.2) is 29.8 Å². The Morgan fingerprint density at radius 2 is 1.61 bits per heavy atom. The summed E-state index contributed by atoms with van der Waals surface area (Å²) in [6, 6.07) is 10.6. The monoisotopic (exact) mass is 378 g/mol. The fraction of sp³-hybridized carbons (Fsp3) is 0.238. The van der Waals surface area contributed by atoms with Crippen molar-refractivity contribution in [3.8, 4) is 23.1 Å². The van der Waals surface area contributed by atoms with Crippen molar-refractivity contribution in [1.82, 2.24) is 19.6 Å². The van der Waals surface area contributed by atoms with Gasteiger partial charge in [0.05, 0.1) is 16.9 Å². The molecule has 0 saturated carbocycles. The van der Waals surface area contributed by atoms with Crippen molar-refractivity contribution >= 4 is 11.0 Å². The lowest BCUT2D eigenvalue weighted by molar-refractivity contribution is 0.396. The van der Waals surface area contributed by atoms with E-state index in [9.17, 15) is 14.6 Å². The molecule has 1 aliphatic rings. The quantitative estimate of drug-likeness (QED) is 0.554. The second kappa shape index (κ2) is 6.09. The first-order valence-electron chi connectivity index (χ1n) is 9.31. The molecule has 1 aliphatic carbocycles. The standard InChI is InChI=1S/C21H19FN4O2/c1-12-6-8-13(9-7-12)26-19-11-18(16(22)10-17(19)23-24-26)25-20(27)14-4-2-3-5-15(14)21(25)28/h6-11,27-28H,2-5H2,1H3. The number of nitrogens with zero attached hydrogens (tertiary/aromatic N) is 4. The van der Waals surface area contributed by atoms with Crippen LogP contribution in [0.1, 0.15) is 29.5 Å². The fourth-order valence-electron chi connectivity index (χ4n) is 3.98. The molecule has 28 heavy (non-hydrogen) atoms. The summed E-state index contributed by atoms with van der Waals surface area (Å²) < 4.78 is 17.7. The van der Waals surface area contributed by atoms with Crippen LogP contribution in [0.2, 0.25) is 0 Å².